The van der Waals surface area contributed by atoms with Crippen molar-refractivity contribution >= 4 is 46.6 Å². The molecule has 2 aromatic rings. The predicted octanol–water partition coefficient (Wildman–Crippen LogP) is 6.24. The second-order valence-electron chi connectivity index (χ2n) is 8.50. The molecule has 1 unspecified atom stereocenters. The zero-order chi connectivity index (χ0) is 23.9. The Hall–Kier alpha value is -2.38. The first kappa shape index (κ1) is 25.9. The van der Waals surface area contributed by atoms with Crippen LogP contribution in [-0.2, 0) is 9.59 Å². The molecule has 0 fully saturated rings. The lowest BCUT2D eigenvalue weighted by Gasteiger charge is -2.18. The second-order valence-corrected chi connectivity index (χ2v) is 10.2. The van der Waals surface area contributed by atoms with E-state index in [1.807, 2.05) is 52.0 Å². The monoisotopic (exact) mass is 478 g/mol. The van der Waals surface area contributed by atoms with Crippen molar-refractivity contribution < 1.29 is 19.1 Å². The largest absolute Gasteiger partial charge is 0.495 e. The second kappa shape index (κ2) is 11.5. The summed E-state index contributed by atoms with van der Waals surface area (Å²) >= 11 is 7.65. The number of hydrogen-bond acceptors (Lipinski definition) is 5. The Morgan fingerprint density at radius 3 is 2.34 bits per heavy atom. The number of rotatable bonds is 9. The Bertz CT molecular complexity index is 960. The number of anilines is 2. The van der Waals surface area contributed by atoms with Gasteiger partial charge in [-0.3, -0.25) is 9.59 Å². The average molecular weight is 479 g/mol. The molecule has 174 valence electrons. The molecule has 0 aliphatic heterocycles. The fourth-order valence-electron chi connectivity index (χ4n) is 2.99. The maximum Gasteiger partial charge on any atom is 0.237 e. The fraction of sp³-hybridized carbons (Fsp3) is 0.417. The molecule has 2 aromatic carbocycles. The minimum absolute atomic E-state index is 0.0343. The highest BCUT2D eigenvalue weighted by Crippen LogP contribution is 2.37. The third kappa shape index (κ3) is 7.64. The summed E-state index contributed by atoms with van der Waals surface area (Å²) in [7, 11) is 3.03. The summed E-state index contributed by atoms with van der Waals surface area (Å²) < 4.78 is 10.6. The van der Waals surface area contributed by atoms with Crippen molar-refractivity contribution in [2.45, 2.75) is 50.7 Å². The van der Waals surface area contributed by atoms with Crippen LogP contribution in [-0.4, -0.2) is 31.3 Å². The maximum absolute atomic E-state index is 13.0. The van der Waals surface area contributed by atoms with Crippen LogP contribution >= 0.6 is 23.4 Å². The zero-order valence-corrected chi connectivity index (χ0v) is 20.9. The van der Waals surface area contributed by atoms with Crippen LogP contribution in [0.4, 0.5) is 11.4 Å². The highest BCUT2D eigenvalue weighted by Gasteiger charge is 2.21. The van der Waals surface area contributed by atoms with Crippen molar-refractivity contribution in [1.29, 1.82) is 0 Å². The SMILES string of the molecule is CCC(Sc1cccc(NC(=O)CC(C)(C)C)c1)C(=O)Nc1cc(Cl)c(OC)cc1OC. The van der Waals surface area contributed by atoms with Gasteiger partial charge in [-0.2, -0.15) is 0 Å². The molecule has 0 heterocycles. The van der Waals surface area contributed by atoms with Crippen molar-refractivity contribution in [2.24, 2.45) is 5.41 Å². The summed E-state index contributed by atoms with van der Waals surface area (Å²) in [4.78, 5) is 26.1. The van der Waals surface area contributed by atoms with Gasteiger partial charge in [-0.05, 0) is 36.1 Å². The van der Waals surface area contributed by atoms with Crippen molar-refractivity contribution in [3.05, 3.63) is 41.4 Å². The summed E-state index contributed by atoms with van der Waals surface area (Å²) in [5.41, 5.74) is 1.10. The number of halogens is 1. The van der Waals surface area contributed by atoms with Gasteiger partial charge in [-0.1, -0.05) is 45.4 Å². The van der Waals surface area contributed by atoms with Crippen LogP contribution in [0.5, 0.6) is 11.5 Å². The third-order valence-corrected chi connectivity index (χ3v) is 6.14. The molecule has 2 amide bonds. The summed E-state index contributed by atoms with van der Waals surface area (Å²) in [5.74, 6) is 0.725. The minimum atomic E-state index is -0.346. The fourth-order valence-corrected chi connectivity index (χ4v) is 4.25. The van der Waals surface area contributed by atoms with Gasteiger partial charge in [0.25, 0.3) is 0 Å². The number of thioether (sulfide) groups is 1. The lowest BCUT2D eigenvalue weighted by molar-refractivity contribution is -0.118. The molecule has 0 bridgehead atoms. The van der Waals surface area contributed by atoms with Crippen molar-refractivity contribution in [1.82, 2.24) is 0 Å². The Balaban J connectivity index is 2.11. The Kier molecular flexibility index (Phi) is 9.28. The van der Waals surface area contributed by atoms with Crippen LogP contribution in [0.25, 0.3) is 0 Å². The van der Waals surface area contributed by atoms with Gasteiger partial charge < -0.3 is 20.1 Å². The summed E-state index contributed by atoms with van der Waals surface area (Å²) in [6.45, 7) is 8.02. The first-order valence-corrected chi connectivity index (χ1v) is 11.6. The van der Waals surface area contributed by atoms with E-state index < -0.39 is 0 Å². The van der Waals surface area contributed by atoms with Gasteiger partial charge in [0.05, 0.1) is 30.2 Å². The van der Waals surface area contributed by atoms with Crippen molar-refractivity contribution in [3.63, 3.8) is 0 Å². The topological polar surface area (TPSA) is 76.7 Å². The molecule has 0 aliphatic rings. The summed E-state index contributed by atoms with van der Waals surface area (Å²) in [5, 5.41) is 5.87. The van der Waals surface area contributed by atoms with Crippen LogP contribution in [0.3, 0.4) is 0 Å². The number of amides is 2. The molecule has 1 atom stereocenters. The van der Waals surface area contributed by atoms with Crippen LogP contribution in [0.1, 0.15) is 40.5 Å². The average Bonchev–Trinajstić information content (AvgIpc) is 2.71. The molecule has 0 radical (unpaired) electrons. The van der Waals surface area contributed by atoms with E-state index >= 15 is 0 Å². The minimum Gasteiger partial charge on any atom is -0.495 e. The molecule has 2 N–H and O–H groups in total. The van der Waals surface area contributed by atoms with E-state index in [4.69, 9.17) is 21.1 Å². The molecule has 6 nitrogen and oxygen atoms in total. The van der Waals surface area contributed by atoms with Gasteiger partial charge in [-0.15, -0.1) is 11.8 Å². The van der Waals surface area contributed by atoms with E-state index in [1.165, 1.54) is 26.0 Å². The molecule has 2 rings (SSSR count). The van der Waals surface area contributed by atoms with E-state index in [0.29, 0.717) is 40.7 Å². The van der Waals surface area contributed by atoms with Crippen LogP contribution in [0.15, 0.2) is 41.3 Å². The van der Waals surface area contributed by atoms with E-state index in [0.717, 1.165) is 4.90 Å². The smallest absolute Gasteiger partial charge is 0.237 e. The van der Waals surface area contributed by atoms with Gasteiger partial charge in [0.1, 0.15) is 11.5 Å². The molecular weight excluding hydrogens is 448 g/mol. The Morgan fingerprint density at radius 2 is 1.75 bits per heavy atom. The van der Waals surface area contributed by atoms with Gasteiger partial charge in [0, 0.05) is 23.1 Å². The van der Waals surface area contributed by atoms with Crippen LogP contribution in [0, 0.1) is 5.41 Å². The number of carbonyl (C=O) groups excluding carboxylic acids is 2. The van der Waals surface area contributed by atoms with Crippen molar-refractivity contribution in [2.75, 3.05) is 24.9 Å². The van der Waals surface area contributed by atoms with Crippen LogP contribution in [0.2, 0.25) is 5.02 Å². The number of nitrogens with one attached hydrogen (secondary N) is 2. The number of methoxy groups -OCH3 is 2. The van der Waals surface area contributed by atoms with Gasteiger partial charge in [0.2, 0.25) is 11.8 Å². The van der Waals surface area contributed by atoms with E-state index in [1.54, 1.807) is 12.1 Å². The summed E-state index contributed by atoms with van der Waals surface area (Å²) in [6, 6.07) is 10.8. The normalized spacial score (nSPS) is 12.1. The van der Waals surface area contributed by atoms with Crippen molar-refractivity contribution in [3.8, 4) is 11.5 Å². The molecule has 8 heteroatoms. The number of benzene rings is 2. The van der Waals surface area contributed by atoms with Crippen LogP contribution < -0.4 is 20.1 Å². The third-order valence-electron chi connectivity index (χ3n) is 4.48. The number of hydrogen-bond donors (Lipinski definition) is 2. The highest BCUT2D eigenvalue weighted by atomic mass is 35.5. The summed E-state index contributed by atoms with van der Waals surface area (Å²) in [6.07, 6.45) is 1.04. The standard InChI is InChI=1S/C24H31ClN2O4S/c1-7-21(23(29)27-18-12-17(25)19(30-5)13-20(18)31-6)32-16-10-8-9-15(11-16)26-22(28)14-24(2,3)4/h8-13,21H,7,14H2,1-6H3,(H,26,28)(H,27,29). The number of carbonyl (C=O) groups is 2. The van der Waals surface area contributed by atoms with E-state index in [-0.39, 0.29) is 22.5 Å². The van der Waals surface area contributed by atoms with E-state index in [9.17, 15) is 9.59 Å². The number of ether oxygens (including phenoxy) is 2. The van der Waals surface area contributed by atoms with Gasteiger partial charge in [-0.25, -0.2) is 0 Å². The molecule has 32 heavy (non-hydrogen) atoms. The molecule has 0 spiro atoms. The predicted molar refractivity (Wildman–Crippen MR) is 132 cm³/mol. The lowest BCUT2D eigenvalue weighted by atomic mass is 9.92. The molecular formula is C24H31ClN2O4S. The molecule has 0 saturated carbocycles. The highest BCUT2D eigenvalue weighted by molar-refractivity contribution is 8.00. The quantitative estimate of drug-likeness (QED) is 0.417. The van der Waals surface area contributed by atoms with Gasteiger partial charge >= 0.3 is 0 Å². The van der Waals surface area contributed by atoms with E-state index in [2.05, 4.69) is 10.6 Å². The first-order chi connectivity index (χ1) is 15.1. The maximum atomic E-state index is 13.0. The molecule has 0 aromatic heterocycles. The molecule has 0 saturated heterocycles. The zero-order valence-electron chi connectivity index (χ0n) is 19.4. The first-order valence-electron chi connectivity index (χ1n) is 10.3. The lowest BCUT2D eigenvalue weighted by Crippen LogP contribution is -2.25. The van der Waals surface area contributed by atoms with Gasteiger partial charge in [0.15, 0.2) is 0 Å². The Morgan fingerprint density at radius 1 is 1.06 bits per heavy atom. The molecule has 0 aliphatic carbocycles. The Labute approximate surface area is 199 Å².